The Morgan fingerprint density at radius 2 is 2.06 bits per heavy atom. The summed E-state index contributed by atoms with van der Waals surface area (Å²) < 4.78 is 5.08. The Balaban J connectivity index is 2.32. The topological polar surface area (TPSA) is 34.1 Å². The Bertz CT molecular complexity index is 318. The van der Waals surface area contributed by atoms with Gasteiger partial charge in [0.15, 0.2) is 0 Å². The first-order chi connectivity index (χ1) is 7.51. The van der Waals surface area contributed by atoms with Crippen molar-refractivity contribution in [1.82, 2.24) is 10.3 Å². The van der Waals surface area contributed by atoms with Crippen LogP contribution in [0.2, 0.25) is 0 Å². The van der Waals surface area contributed by atoms with Gasteiger partial charge in [-0.2, -0.15) is 0 Å². The lowest BCUT2D eigenvalue weighted by atomic mass is 9.92. The van der Waals surface area contributed by atoms with Crippen LogP contribution in [-0.4, -0.2) is 18.6 Å². The molecule has 0 saturated heterocycles. The molecule has 3 nitrogen and oxygen atoms in total. The lowest BCUT2D eigenvalue weighted by Crippen LogP contribution is -2.20. The number of rotatable bonds is 5. The Morgan fingerprint density at radius 3 is 2.69 bits per heavy atom. The number of hydrogen-bond donors (Lipinski definition) is 1. The summed E-state index contributed by atoms with van der Waals surface area (Å²) in [6.07, 6.45) is 1.16. The van der Waals surface area contributed by atoms with E-state index in [9.17, 15) is 0 Å². The van der Waals surface area contributed by atoms with Crippen LogP contribution in [-0.2, 0) is 6.54 Å². The van der Waals surface area contributed by atoms with E-state index in [0.717, 1.165) is 25.2 Å². The third-order valence-electron chi connectivity index (χ3n) is 2.35. The van der Waals surface area contributed by atoms with Crippen molar-refractivity contribution in [2.24, 2.45) is 5.41 Å². The quantitative estimate of drug-likeness (QED) is 0.778. The van der Waals surface area contributed by atoms with Crippen molar-refractivity contribution in [3.63, 3.8) is 0 Å². The Morgan fingerprint density at radius 1 is 1.31 bits per heavy atom. The minimum Gasteiger partial charge on any atom is -0.481 e. The van der Waals surface area contributed by atoms with E-state index >= 15 is 0 Å². The zero-order chi connectivity index (χ0) is 12.0. The maximum Gasteiger partial charge on any atom is 0.213 e. The monoisotopic (exact) mass is 222 g/mol. The lowest BCUT2D eigenvalue weighted by Gasteiger charge is -2.17. The van der Waals surface area contributed by atoms with E-state index in [1.165, 1.54) is 0 Å². The van der Waals surface area contributed by atoms with E-state index in [0.29, 0.717) is 11.3 Å². The summed E-state index contributed by atoms with van der Waals surface area (Å²) in [5.74, 6) is 0.676. The first-order valence-corrected chi connectivity index (χ1v) is 5.72. The fraction of sp³-hybridized carbons (Fsp3) is 0.615. The predicted molar refractivity (Wildman–Crippen MR) is 66.6 cm³/mol. The second kappa shape index (κ2) is 5.85. The summed E-state index contributed by atoms with van der Waals surface area (Å²) in [5.41, 5.74) is 1.41. The van der Waals surface area contributed by atoms with Gasteiger partial charge in [0, 0.05) is 12.6 Å². The fourth-order valence-electron chi connectivity index (χ4n) is 1.35. The number of nitrogens with zero attached hydrogens (tertiary/aromatic N) is 1. The van der Waals surface area contributed by atoms with E-state index in [4.69, 9.17) is 4.74 Å². The zero-order valence-corrected chi connectivity index (χ0v) is 10.7. The van der Waals surface area contributed by atoms with Gasteiger partial charge in [-0.3, -0.25) is 0 Å². The van der Waals surface area contributed by atoms with Gasteiger partial charge in [-0.1, -0.05) is 26.8 Å². The minimum absolute atomic E-state index is 0.384. The molecule has 90 valence electrons. The lowest BCUT2D eigenvalue weighted by molar-refractivity contribution is 0.365. The summed E-state index contributed by atoms with van der Waals surface area (Å²) >= 11 is 0. The van der Waals surface area contributed by atoms with Crippen LogP contribution in [0, 0.1) is 5.41 Å². The molecular weight excluding hydrogens is 200 g/mol. The molecule has 0 amide bonds. The number of nitrogens with one attached hydrogen (secondary N) is 1. The summed E-state index contributed by atoms with van der Waals surface area (Å²) in [6.45, 7) is 8.56. The number of methoxy groups -OCH3 is 1. The van der Waals surface area contributed by atoms with Crippen LogP contribution in [0.1, 0.15) is 32.9 Å². The molecular formula is C13H22N2O. The van der Waals surface area contributed by atoms with E-state index in [2.05, 4.69) is 31.1 Å². The van der Waals surface area contributed by atoms with Crippen molar-refractivity contribution < 1.29 is 4.74 Å². The van der Waals surface area contributed by atoms with Crippen molar-refractivity contribution in [1.29, 1.82) is 0 Å². The van der Waals surface area contributed by atoms with Gasteiger partial charge in [-0.25, -0.2) is 4.98 Å². The third kappa shape index (κ3) is 5.12. The maximum absolute atomic E-state index is 5.08. The van der Waals surface area contributed by atoms with Crippen LogP contribution >= 0.6 is 0 Å². The largest absolute Gasteiger partial charge is 0.481 e. The molecule has 0 aliphatic carbocycles. The second-order valence-electron chi connectivity index (χ2n) is 5.16. The molecule has 0 aliphatic heterocycles. The molecule has 3 heteroatoms. The molecule has 1 aromatic heterocycles. The molecule has 1 aromatic rings. The molecule has 0 spiro atoms. The predicted octanol–water partition coefficient (Wildman–Crippen LogP) is 2.62. The summed E-state index contributed by atoms with van der Waals surface area (Å²) in [6, 6.07) is 5.83. The first-order valence-electron chi connectivity index (χ1n) is 5.72. The van der Waals surface area contributed by atoms with Gasteiger partial charge in [0.1, 0.15) is 0 Å². The highest BCUT2D eigenvalue weighted by molar-refractivity contribution is 5.15. The fourth-order valence-corrected chi connectivity index (χ4v) is 1.35. The van der Waals surface area contributed by atoms with Gasteiger partial charge in [-0.05, 0) is 24.4 Å². The number of hydrogen-bond acceptors (Lipinski definition) is 3. The van der Waals surface area contributed by atoms with Crippen LogP contribution in [0.5, 0.6) is 5.88 Å². The Kier molecular flexibility index (Phi) is 4.74. The van der Waals surface area contributed by atoms with E-state index in [1.54, 1.807) is 7.11 Å². The third-order valence-corrected chi connectivity index (χ3v) is 2.35. The highest BCUT2D eigenvalue weighted by atomic mass is 16.5. The van der Waals surface area contributed by atoms with Gasteiger partial charge in [0.25, 0.3) is 0 Å². The van der Waals surface area contributed by atoms with Crippen molar-refractivity contribution in [3.8, 4) is 5.88 Å². The van der Waals surface area contributed by atoms with Gasteiger partial charge < -0.3 is 10.1 Å². The maximum atomic E-state index is 5.08. The Hall–Kier alpha value is -1.09. The zero-order valence-electron chi connectivity index (χ0n) is 10.7. The highest BCUT2D eigenvalue weighted by Gasteiger charge is 2.08. The molecule has 0 bridgehead atoms. The van der Waals surface area contributed by atoms with Gasteiger partial charge in [0.2, 0.25) is 5.88 Å². The summed E-state index contributed by atoms with van der Waals surface area (Å²) in [4.78, 5) is 4.34. The van der Waals surface area contributed by atoms with Gasteiger partial charge >= 0.3 is 0 Å². The van der Waals surface area contributed by atoms with Gasteiger partial charge in [-0.15, -0.1) is 0 Å². The van der Waals surface area contributed by atoms with E-state index < -0.39 is 0 Å². The van der Waals surface area contributed by atoms with Crippen LogP contribution in [0.15, 0.2) is 18.2 Å². The molecule has 0 unspecified atom stereocenters. The van der Waals surface area contributed by atoms with Crippen molar-refractivity contribution in [3.05, 3.63) is 23.9 Å². The SMILES string of the molecule is COc1cccc(CNCCC(C)(C)C)n1. The molecule has 0 aromatic carbocycles. The second-order valence-corrected chi connectivity index (χ2v) is 5.16. The molecule has 0 aliphatic rings. The van der Waals surface area contributed by atoms with Gasteiger partial charge in [0.05, 0.1) is 12.8 Å². The van der Waals surface area contributed by atoms with Crippen LogP contribution in [0.3, 0.4) is 0 Å². The average Bonchev–Trinajstić information content (AvgIpc) is 2.23. The van der Waals surface area contributed by atoms with Crippen molar-refractivity contribution in [2.45, 2.75) is 33.7 Å². The average molecular weight is 222 g/mol. The first kappa shape index (κ1) is 13.0. The number of pyridine rings is 1. The Labute approximate surface area is 98.2 Å². The van der Waals surface area contributed by atoms with Crippen LogP contribution in [0.4, 0.5) is 0 Å². The molecule has 0 saturated carbocycles. The normalized spacial score (nSPS) is 11.5. The molecule has 0 fully saturated rings. The summed E-state index contributed by atoms with van der Waals surface area (Å²) in [7, 11) is 1.64. The van der Waals surface area contributed by atoms with Crippen molar-refractivity contribution in [2.75, 3.05) is 13.7 Å². The van der Waals surface area contributed by atoms with Crippen LogP contribution < -0.4 is 10.1 Å². The molecule has 1 rings (SSSR count). The van der Waals surface area contributed by atoms with Crippen molar-refractivity contribution >= 4 is 0 Å². The molecule has 0 atom stereocenters. The van der Waals surface area contributed by atoms with Crippen LogP contribution in [0.25, 0.3) is 0 Å². The van der Waals surface area contributed by atoms with E-state index in [1.807, 2.05) is 18.2 Å². The number of ether oxygens (including phenoxy) is 1. The highest BCUT2D eigenvalue weighted by Crippen LogP contribution is 2.17. The van der Waals surface area contributed by atoms with E-state index in [-0.39, 0.29) is 0 Å². The minimum atomic E-state index is 0.384. The molecule has 16 heavy (non-hydrogen) atoms. The summed E-state index contributed by atoms with van der Waals surface area (Å²) in [5, 5.41) is 3.39. The smallest absolute Gasteiger partial charge is 0.213 e. The molecule has 1 N–H and O–H groups in total. The number of aromatic nitrogens is 1. The molecule has 0 radical (unpaired) electrons. The standard InChI is InChI=1S/C13H22N2O/c1-13(2,3)8-9-14-10-11-6-5-7-12(15-11)16-4/h5-7,14H,8-10H2,1-4H3. The molecule has 1 heterocycles.